The molecule has 0 unspecified atom stereocenters. The van der Waals surface area contributed by atoms with Gasteiger partial charge in [0.25, 0.3) is 11.5 Å². The maximum absolute atomic E-state index is 12.9. The Morgan fingerprint density at radius 1 is 1.21 bits per heavy atom. The molecule has 1 saturated heterocycles. The molecule has 0 aromatic carbocycles. The van der Waals surface area contributed by atoms with Crippen LogP contribution in [0, 0.1) is 6.92 Å². The van der Waals surface area contributed by atoms with E-state index in [-0.39, 0.29) is 22.6 Å². The average Bonchev–Trinajstić information content (AvgIpc) is 2.74. The number of morpholine rings is 1. The van der Waals surface area contributed by atoms with Gasteiger partial charge in [0.2, 0.25) is 0 Å². The van der Waals surface area contributed by atoms with Crippen LogP contribution in [0.2, 0.25) is 0 Å². The molecular formula is C21H28N4O3. The lowest BCUT2D eigenvalue weighted by Gasteiger charge is -2.48. The number of amides is 1. The molecule has 4 rings (SSSR count). The van der Waals surface area contributed by atoms with E-state index in [1.807, 2.05) is 13.0 Å². The first-order chi connectivity index (χ1) is 13.6. The summed E-state index contributed by atoms with van der Waals surface area (Å²) in [6, 6.07) is 3.69. The Kier molecular flexibility index (Phi) is 5.46. The van der Waals surface area contributed by atoms with Crippen LogP contribution in [0.3, 0.4) is 0 Å². The molecule has 3 heterocycles. The van der Waals surface area contributed by atoms with Gasteiger partial charge in [-0.3, -0.25) is 18.9 Å². The molecule has 1 N–H and O–H groups in total. The number of ether oxygens (including phenoxy) is 1. The van der Waals surface area contributed by atoms with Crippen LogP contribution < -0.4 is 10.9 Å². The fourth-order valence-electron chi connectivity index (χ4n) is 4.53. The minimum Gasteiger partial charge on any atom is -0.379 e. The highest BCUT2D eigenvalue weighted by Gasteiger charge is 2.39. The van der Waals surface area contributed by atoms with Gasteiger partial charge in [-0.25, -0.2) is 4.98 Å². The van der Waals surface area contributed by atoms with Gasteiger partial charge in [0, 0.05) is 37.6 Å². The first kappa shape index (κ1) is 19.1. The molecule has 0 bridgehead atoms. The van der Waals surface area contributed by atoms with Crippen LogP contribution in [-0.4, -0.2) is 58.6 Å². The maximum atomic E-state index is 12.9. The van der Waals surface area contributed by atoms with Crippen molar-refractivity contribution >= 4 is 11.6 Å². The van der Waals surface area contributed by atoms with E-state index < -0.39 is 0 Å². The molecule has 0 atom stereocenters. The Balaban J connectivity index is 1.54. The molecule has 0 radical (unpaired) electrons. The van der Waals surface area contributed by atoms with Crippen LogP contribution in [0.4, 0.5) is 0 Å². The molecule has 1 saturated carbocycles. The molecule has 28 heavy (non-hydrogen) atoms. The fraction of sp³-hybridized carbons (Fsp3) is 0.571. The van der Waals surface area contributed by atoms with Crippen LogP contribution in [-0.2, 0) is 4.74 Å². The van der Waals surface area contributed by atoms with Crippen molar-refractivity contribution < 1.29 is 9.53 Å². The van der Waals surface area contributed by atoms with Crippen molar-refractivity contribution in [2.75, 3.05) is 32.8 Å². The predicted octanol–water partition coefficient (Wildman–Crippen LogP) is 1.77. The summed E-state index contributed by atoms with van der Waals surface area (Å²) >= 11 is 0. The number of carbonyl (C=O) groups is 1. The first-order valence-electron chi connectivity index (χ1n) is 10.2. The second kappa shape index (κ2) is 8.01. The van der Waals surface area contributed by atoms with E-state index in [1.165, 1.54) is 29.9 Å². The number of carbonyl (C=O) groups excluding carboxylic acids is 1. The lowest BCUT2D eigenvalue weighted by molar-refractivity contribution is -0.0361. The highest BCUT2D eigenvalue weighted by molar-refractivity contribution is 5.93. The molecule has 2 fully saturated rings. The third kappa shape index (κ3) is 3.69. The van der Waals surface area contributed by atoms with Gasteiger partial charge >= 0.3 is 0 Å². The zero-order valence-corrected chi connectivity index (χ0v) is 16.4. The molecule has 1 aliphatic heterocycles. The number of aromatic nitrogens is 2. The summed E-state index contributed by atoms with van der Waals surface area (Å²) in [5.74, 6) is -0.341. The molecule has 7 heteroatoms. The molecule has 2 aromatic rings. The minimum atomic E-state index is -0.341. The summed E-state index contributed by atoms with van der Waals surface area (Å²) in [7, 11) is 0. The summed E-state index contributed by atoms with van der Waals surface area (Å²) in [4.78, 5) is 32.4. The summed E-state index contributed by atoms with van der Waals surface area (Å²) < 4.78 is 6.96. The summed E-state index contributed by atoms with van der Waals surface area (Å²) in [5.41, 5.74) is 1.23. The summed E-state index contributed by atoms with van der Waals surface area (Å²) in [5, 5.41) is 3.05. The van der Waals surface area contributed by atoms with E-state index >= 15 is 0 Å². The minimum absolute atomic E-state index is 0.0330. The molecular weight excluding hydrogens is 356 g/mol. The van der Waals surface area contributed by atoms with Gasteiger partial charge in [-0.2, -0.15) is 0 Å². The molecule has 150 valence electrons. The van der Waals surface area contributed by atoms with Gasteiger partial charge in [0.15, 0.2) is 0 Å². The predicted molar refractivity (Wildman–Crippen MR) is 107 cm³/mol. The van der Waals surface area contributed by atoms with E-state index in [1.54, 1.807) is 12.3 Å². The monoisotopic (exact) mass is 384 g/mol. The van der Waals surface area contributed by atoms with Crippen molar-refractivity contribution in [3.63, 3.8) is 0 Å². The number of hydrogen-bond acceptors (Lipinski definition) is 5. The Hall–Kier alpha value is -2.25. The maximum Gasteiger partial charge on any atom is 0.270 e. The van der Waals surface area contributed by atoms with Crippen LogP contribution in [0.25, 0.3) is 5.65 Å². The van der Waals surface area contributed by atoms with Gasteiger partial charge in [0.1, 0.15) is 11.2 Å². The van der Waals surface area contributed by atoms with Crippen LogP contribution in [0.5, 0.6) is 0 Å². The highest BCUT2D eigenvalue weighted by atomic mass is 16.5. The van der Waals surface area contributed by atoms with Crippen molar-refractivity contribution in [2.45, 2.75) is 44.6 Å². The molecule has 1 amide bonds. The number of fused-ring (bicyclic) bond motifs is 1. The fourth-order valence-corrected chi connectivity index (χ4v) is 4.53. The van der Waals surface area contributed by atoms with Crippen molar-refractivity contribution in [3.8, 4) is 0 Å². The van der Waals surface area contributed by atoms with Gasteiger partial charge in [-0.1, -0.05) is 25.3 Å². The summed E-state index contributed by atoms with van der Waals surface area (Å²) in [6.45, 7) is 5.75. The van der Waals surface area contributed by atoms with Crippen molar-refractivity contribution in [2.24, 2.45) is 0 Å². The van der Waals surface area contributed by atoms with Gasteiger partial charge in [-0.15, -0.1) is 0 Å². The van der Waals surface area contributed by atoms with E-state index in [9.17, 15) is 9.59 Å². The Bertz CT molecular complexity index is 911. The van der Waals surface area contributed by atoms with Crippen molar-refractivity contribution in [3.05, 3.63) is 46.0 Å². The highest BCUT2D eigenvalue weighted by Crippen LogP contribution is 2.33. The lowest BCUT2D eigenvalue weighted by Crippen LogP contribution is -2.59. The van der Waals surface area contributed by atoms with Gasteiger partial charge < -0.3 is 10.1 Å². The quantitative estimate of drug-likeness (QED) is 0.869. The van der Waals surface area contributed by atoms with Crippen LogP contribution in [0.1, 0.15) is 48.0 Å². The molecule has 1 aliphatic carbocycles. The van der Waals surface area contributed by atoms with E-state index in [0.717, 1.165) is 44.7 Å². The second-order valence-corrected chi connectivity index (χ2v) is 7.98. The second-order valence-electron chi connectivity index (χ2n) is 7.98. The Labute approximate surface area is 164 Å². The number of nitrogens with zero attached hydrogens (tertiary/aromatic N) is 3. The standard InChI is InChI=1S/C21H28N4O3/c1-16-5-6-18-22-13-17(20(27)25(18)14-16)19(26)23-15-21(7-3-2-4-8-21)24-9-11-28-12-10-24/h5-6,13-14H,2-4,7-12,15H2,1H3,(H,23,26). The summed E-state index contributed by atoms with van der Waals surface area (Å²) in [6.07, 6.45) is 8.85. The number of hydrogen-bond donors (Lipinski definition) is 1. The topological polar surface area (TPSA) is 75.9 Å². The van der Waals surface area contributed by atoms with E-state index in [2.05, 4.69) is 15.2 Å². The first-order valence-corrected chi connectivity index (χ1v) is 10.2. The van der Waals surface area contributed by atoms with Crippen LogP contribution >= 0.6 is 0 Å². The van der Waals surface area contributed by atoms with Crippen LogP contribution in [0.15, 0.2) is 29.3 Å². The zero-order valence-electron chi connectivity index (χ0n) is 16.4. The normalized spacial score (nSPS) is 20.2. The SMILES string of the molecule is Cc1ccc2ncc(C(=O)NCC3(N4CCOCC4)CCCCC3)c(=O)n2c1. The van der Waals surface area contributed by atoms with Gasteiger partial charge in [-0.05, 0) is 31.4 Å². The zero-order chi connectivity index (χ0) is 19.6. The average molecular weight is 384 g/mol. The molecule has 0 spiro atoms. The number of rotatable bonds is 4. The smallest absolute Gasteiger partial charge is 0.270 e. The van der Waals surface area contributed by atoms with E-state index in [4.69, 9.17) is 4.74 Å². The molecule has 2 aliphatic rings. The lowest BCUT2D eigenvalue weighted by atomic mass is 9.79. The third-order valence-electron chi connectivity index (χ3n) is 6.14. The molecule has 7 nitrogen and oxygen atoms in total. The number of pyridine rings is 1. The third-order valence-corrected chi connectivity index (χ3v) is 6.14. The van der Waals surface area contributed by atoms with Gasteiger partial charge in [0.05, 0.1) is 13.2 Å². The largest absolute Gasteiger partial charge is 0.379 e. The molecule has 2 aromatic heterocycles. The number of nitrogens with one attached hydrogen (secondary N) is 1. The Morgan fingerprint density at radius 3 is 2.71 bits per heavy atom. The van der Waals surface area contributed by atoms with Crippen molar-refractivity contribution in [1.29, 1.82) is 0 Å². The number of aryl methyl sites for hydroxylation is 1. The Morgan fingerprint density at radius 2 is 1.96 bits per heavy atom. The van der Waals surface area contributed by atoms with E-state index in [0.29, 0.717) is 12.2 Å². The van der Waals surface area contributed by atoms with Crippen molar-refractivity contribution in [1.82, 2.24) is 19.6 Å².